The zero-order chi connectivity index (χ0) is 19.0. The van der Waals surface area contributed by atoms with Crippen LogP contribution in [0.1, 0.15) is 30.1 Å². The Morgan fingerprint density at radius 3 is 2.48 bits per heavy atom. The summed E-state index contributed by atoms with van der Waals surface area (Å²) < 4.78 is 1.88. The van der Waals surface area contributed by atoms with Gasteiger partial charge in [-0.05, 0) is 43.7 Å². The first-order valence-electron chi connectivity index (χ1n) is 9.73. The van der Waals surface area contributed by atoms with E-state index in [9.17, 15) is 4.79 Å². The number of hydrogen-bond donors (Lipinski definition) is 0. The van der Waals surface area contributed by atoms with Crippen molar-refractivity contribution in [3.63, 3.8) is 0 Å². The normalized spacial score (nSPS) is 21.4. The number of hydrogen-bond acceptors (Lipinski definition) is 4. The highest BCUT2D eigenvalue weighted by molar-refractivity contribution is 5.95. The van der Waals surface area contributed by atoms with Crippen molar-refractivity contribution < 1.29 is 4.79 Å². The van der Waals surface area contributed by atoms with Crippen LogP contribution in [0.4, 0.5) is 5.95 Å². The molecule has 1 aliphatic heterocycles. The molecule has 2 atom stereocenters. The van der Waals surface area contributed by atoms with E-state index in [1.54, 1.807) is 0 Å². The Morgan fingerprint density at radius 1 is 1.19 bits per heavy atom. The number of carbonyl (C=O) groups excluding carboxylic acids is 1. The van der Waals surface area contributed by atoms with Gasteiger partial charge < -0.3 is 9.80 Å². The fourth-order valence-electron chi connectivity index (χ4n) is 4.15. The predicted octanol–water partition coefficient (Wildman–Crippen LogP) is 3.07. The Bertz CT molecular complexity index is 853. The summed E-state index contributed by atoms with van der Waals surface area (Å²) in [5.74, 6) is 2.84. The zero-order valence-corrected chi connectivity index (χ0v) is 16.3. The van der Waals surface area contributed by atoms with Crippen molar-refractivity contribution >= 4 is 11.9 Å². The molecule has 2 aliphatic rings. The Morgan fingerprint density at radius 2 is 1.89 bits per heavy atom. The van der Waals surface area contributed by atoms with Gasteiger partial charge in [0.05, 0.1) is 0 Å². The van der Waals surface area contributed by atoms with Crippen molar-refractivity contribution in [1.82, 2.24) is 19.7 Å². The van der Waals surface area contributed by atoms with E-state index in [4.69, 9.17) is 0 Å². The van der Waals surface area contributed by atoms with Crippen molar-refractivity contribution in [3.05, 3.63) is 42.0 Å². The summed E-state index contributed by atoms with van der Waals surface area (Å²) in [6, 6.07) is 7.72. The molecule has 1 aromatic carbocycles. The molecule has 1 amide bonds. The molecule has 1 aliphatic carbocycles. The van der Waals surface area contributed by atoms with Gasteiger partial charge in [-0.15, -0.1) is 5.10 Å². The number of benzene rings is 1. The Balaban J connectivity index is 1.57. The quantitative estimate of drug-likeness (QED) is 0.782. The summed E-state index contributed by atoms with van der Waals surface area (Å²) in [4.78, 5) is 21.7. The average molecular weight is 365 g/mol. The van der Waals surface area contributed by atoms with E-state index < -0.39 is 0 Å². The Labute approximate surface area is 160 Å². The van der Waals surface area contributed by atoms with Gasteiger partial charge in [-0.2, -0.15) is 4.98 Å². The lowest BCUT2D eigenvalue weighted by molar-refractivity contribution is 0.0784. The second kappa shape index (κ2) is 7.18. The highest BCUT2D eigenvalue weighted by atomic mass is 16.2. The maximum Gasteiger partial charge on any atom is 0.253 e. The number of anilines is 1. The maximum atomic E-state index is 13.1. The highest BCUT2D eigenvalue weighted by Gasteiger charge is 2.35. The monoisotopic (exact) mass is 365 g/mol. The lowest BCUT2D eigenvalue weighted by Crippen LogP contribution is -2.29. The van der Waals surface area contributed by atoms with Gasteiger partial charge >= 0.3 is 0 Å². The largest absolute Gasteiger partial charge is 0.347 e. The highest BCUT2D eigenvalue weighted by Crippen LogP contribution is 2.33. The van der Waals surface area contributed by atoms with Crippen molar-refractivity contribution in [2.75, 3.05) is 32.1 Å². The van der Waals surface area contributed by atoms with Gasteiger partial charge in [0.15, 0.2) is 5.82 Å². The fourth-order valence-corrected chi connectivity index (χ4v) is 4.15. The molecule has 1 fully saturated rings. The number of amides is 1. The van der Waals surface area contributed by atoms with Crippen molar-refractivity contribution in [2.45, 2.75) is 26.3 Å². The fraction of sp³-hybridized carbons (Fsp3) is 0.476. The molecule has 142 valence electrons. The van der Waals surface area contributed by atoms with E-state index in [2.05, 4.69) is 22.2 Å². The lowest BCUT2D eigenvalue weighted by Gasteiger charge is -2.17. The topological polar surface area (TPSA) is 54.3 Å². The van der Waals surface area contributed by atoms with E-state index in [1.807, 2.05) is 59.8 Å². The van der Waals surface area contributed by atoms with Crippen LogP contribution in [-0.2, 0) is 6.54 Å². The van der Waals surface area contributed by atoms with Crippen LogP contribution in [0.25, 0.3) is 11.4 Å². The summed E-state index contributed by atoms with van der Waals surface area (Å²) in [6.45, 7) is 4.54. The second-order valence-corrected chi connectivity index (χ2v) is 7.70. The Hall–Kier alpha value is -2.63. The molecule has 1 aromatic heterocycles. The summed E-state index contributed by atoms with van der Waals surface area (Å²) in [7, 11) is 3.92. The molecule has 2 unspecified atom stereocenters. The average Bonchev–Trinajstić information content (AvgIpc) is 3.31. The molecular formula is C21H27N5O. The van der Waals surface area contributed by atoms with Crippen molar-refractivity contribution in [1.29, 1.82) is 0 Å². The van der Waals surface area contributed by atoms with Crippen LogP contribution < -0.4 is 4.90 Å². The number of fused-ring (bicyclic) bond motifs is 1. The number of carbonyl (C=O) groups is 1. The molecule has 0 spiro atoms. The van der Waals surface area contributed by atoms with Crippen LogP contribution in [-0.4, -0.2) is 52.8 Å². The number of aryl methyl sites for hydroxylation is 1. The summed E-state index contributed by atoms with van der Waals surface area (Å²) >= 11 is 0. The van der Waals surface area contributed by atoms with Gasteiger partial charge in [0, 0.05) is 44.9 Å². The smallest absolute Gasteiger partial charge is 0.253 e. The van der Waals surface area contributed by atoms with Gasteiger partial charge in [0.1, 0.15) is 0 Å². The van der Waals surface area contributed by atoms with E-state index >= 15 is 0 Å². The second-order valence-electron chi connectivity index (χ2n) is 7.70. The van der Waals surface area contributed by atoms with Crippen molar-refractivity contribution in [2.24, 2.45) is 11.8 Å². The number of aromatic nitrogens is 3. The first-order chi connectivity index (χ1) is 13.1. The third kappa shape index (κ3) is 3.36. The van der Waals surface area contributed by atoms with E-state index in [1.165, 1.54) is 0 Å². The van der Waals surface area contributed by atoms with Crippen molar-refractivity contribution in [3.8, 4) is 11.4 Å². The van der Waals surface area contributed by atoms with Crippen LogP contribution in [0.15, 0.2) is 36.4 Å². The van der Waals surface area contributed by atoms with Gasteiger partial charge in [-0.3, -0.25) is 4.79 Å². The first-order valence-corrected chi connectivity index (χ1v) is 9.73. The van der Waals surface area contributed by atoms with Crippen LogP contribution in [0, 0.1) is 11.8 Å². The van der Waals surface area contributed by atoms with Crippen LogP contribution in [0.3, 0.4) is 0 Å². The minimum absolute atomic E-state index is 0.119. The molecule has 0 saturated carbocycles. The van der Waals surface area contributed by atoms with E-state index in [-0.39, 0.29) is 5.91 Å². The molecule has 2 aromatic rings. The summed E-state index contributed by atoms with van der Waals surface area (Å²) in [5, 5.41) is 4.61. The third-order valence-corrected chi connectivity index (χ3v) is 5.63. The molecule has 2 heterocycles. The van der Waals surface area contributed by atoms with Crippen LogP contribution in [0.2, 0.25) is 0 Å². The third-order valence-electron chi connectivity index (χ3n) is 5.63. The lowest BCUT2D eigenvalue weighted by atomic mass is 9.86. The predicted molar refractivity (Wildman–Crippen MR) is 107 cm³/mol. The molecule has 6 heteroatoms. The molecule has 27 heavy (non-hydrogen) atoms. The molecule has 0 bridgehead atoms. The molecule has 0 N–H and O–H groups in total. The molecular weight excluding hydrogens is 338 g/mol. The van der Waals surface area contributed by atoms with Crippen LogP contribution in [0.5, 0.6) is 0 Å². The van der Waals surface area contributed by atoms with Gasteiger partial charge in [-0.1, -0.05) is 24.3 Å². The number of allylic oxidation sites excluding steroid dienone is 2. The Kier molecular flexibility index (Phi) is 4.72. The summed E-state index contributed by atoms with van der Waals surface area (Å²) in [5.41, 5.74) is 1.60. The number of likely N-dealkylation sites (tertiary alicyclic amines) is 1. The van der Waals surface area contributed by atoms with Crippen LogP contribution >= 0.6 is 0 Å². The maximum absolute atomic E-state index is 13.1. The van der Waals surface area contributed by atoms with Gasteiger partial charge in [-0.25, -0.2) is 4.68 Å². The minimum atomic E-state index is 0.119. The molecule has 0 radical (unpaired) electrons. The number of nitrogens with zero attached hydrogens (tertiary/aromatic N) is 5. The van der Waals surface area contributed by atoms with Gasteiger partial charge in [0.2, 0.25) is 5.95 Å². The molecule has 6 nitrogen and oxygen atoms in total. The van der Waals surface area contributed by atoms with E-state index in [0.29, 0.717) is 17.7 Å². The number of rotatable bonds is 4. The van der Waals surface area contributed by atoms with E-state index in [0.717, 1.165) is 49.6 Å². The first kappa shape index (κ1) is 17.8. The molecule has 1 saturated heterocycles. The zero-order valence-electron chi connectivity index (χ0n) is 16.3. The molecule has 4 rings (SSSR count). The summed E-state index contributed by atoms with van der Waals surface area (Å²) in [6.07, 6.45) is 6.71. The standard InChI is InChI=1S/C21H27N5O/c1-4-26-21(24(2)3)22-19(23-26)15-10-7-11-16(12-15)20(27)25-13-17-8-5-6-9-18(17)14-25/h5-7,10-12,17-18H,4,8-9,13-14H2,1-3H3. The minimum Gasteiger partial charge on any atom is -0.347 e. The van der Waals surface area contributed by atoms with Gasteiger partial charge in [0.25, 0.3) is 5.91 Å². The SMILES string of the molecule is CCn1nc(-c2cccc(C(=O)N3CC4CC=CCC4C3)c2)nc1N(C)C.